The molecule has 0 bridgehead atoms. The minimum atomic E-state index is -0.223. The fourth-order valence-corrected chi connectivity index (χ4v) is 3.32. The van der Waals surface area contributed by atoms with Crippen LogP contribution in [0.15, 0.2) is 41.3 Å². The van der Waals surface area contributed by atoms with Gasteiger partial charge in [-0.05, 0) is 32.8 Å². The molecule has 0 aliphatic carbocycles. The van der Waals surface area contributed by atoms with Crippen molar-refractivity contribution >= 4 is 16.7 Å². The summed E-state index contributed by atoms with van der Waals surface area (Å²) in [6.07, 6.45) is 2.53. The first-order valence-corrected chi connectivity index (χ1v) is 9.31. The van der Waals surface area contributed by atoms with Crippen molar-refractivity contribution in [1.82, 2.24) is 19.7 Å². The van der Waals surface area contributed by atoms with Crippen LogP contribution in [0.4, 0.5) is 0 Å². The number of amides is 1. The van der Waals surface area contributed by atoms with Crippen LogP contribution in [0.25, 0.3) is 10.8 Å². The van der Waals surface area contributed by atoms with Gasteiger partial charge in [-0.25, -0.2) is 4.68 Å². The smallest absolute Gasteiger partial charge is 0.276 e. The van der Waals surface area contributed by atoms with E-state index in [-0.39, 0.29) is 24.1 Å². The number of benzene rings is 1. The van der Waals surface area contributed by atoms with E-state index in [0.717, 1.165) is 23.2 Å². The predicted octanol–water partition coefficient (Wildman–Crippen LogP) is 2.78. The molecule has 6 heteroatoms. The number of carbonyl (C=O) groups excluding carboxylic acids is 1. The van der Waals surface area contributed by atoms with Gasteiger partial charge in [-0.15, -0.1) is 0 Å². The minimum absolute atomic E-state index is 0.0680. The Morgan fingerprint density at radius 1 is 1.19 bits per heavy atom. The van der Waals surface area contributed by atoms with E-state index in [2.05, 4.69) is 27.1 Å². The third-order valence-corrected chi connectivity index (χ3v) is 5.10. The highest BCUT2D eigenvalue weighted by Crippen LogP contribution is 2.23. The molecule has 1 amide bonds. The van der Waals surface area contributed by atoms with Crippen LogP contribution in [-0.2, 0) is 17.9 Å². The Morgan fingerprint density at radius 2 is 1.89 bits per heavy atom. The quantitative estimate of drug-likeness (QED) is 0.729. The molecule has 0 radical (unpaired) electrons. The Balaban J connectivity index is 1.97. The first-order chi connectivity index (χ1) is 12.9. The maximum absolute atomic E-state index is 13.0. The van der Waals surface area contributed by atoms with Gasteiger partial charge in [0, 0.05) is 29.4 Å². The Morgan fingerprint density at radius 3 is 2.56 bits per heavy atom. The van der Waals surface area contributed by atoms with Gasteiger partial charge in [0.05, 0.1) is 11.6 Å². The van der Waals surface area contributed by atoms with Crippen molar-refractivity contribution in [2.45, 2.75) is 53.2 Å². The van der Waals surface area contributed by atoms with Gasteiger partial charge in [0.1, 0.15) is 6.54 Å². The number of nitrogens with one attached hydrogen (secondary N) is 1. The van der Waals surface area contributed by atoms with Gasteiger partial charge < -0.3 is 9.88 Å². The average Bonchev–Trinajstić information content (AvgIpc) is 2.90. The molecule has 1 aromatic carbocycles. The third-order valence-electron chi connectivity index (χ3n) is 5.10. The normalized spacial score (nSPS) is 12.3. The molecule has 2 aromatic heterocycles. The topological polar surface area (TPSA) is 68.9 Å². The zero-order valence-electron chi connectivity index (χ0n) is 16.3. The SMILES string of the molecule is CCC(C)NC(=O)Cn1ncc2c(C)n(Cc3ccccc3)c(C)c2c1=O. The van der Waals surface area contributed by atoms with Gasteiger partial charge in [-0.1, -0.05) is 37.3 Å². The third kappa shape index (κ3) is 3.79. The first-order valence-electron chi connectivity index (χ1n) is 9.31. The second-order valence-corrected chi connectivity index (χ2v) is 7.02. The Bertz CT molecular complexity index is 1020. The van der Waals surface area contributed by atoms with Crippen molar-refractivity contribution in [2.24, 2.45) is 0 Å². The van der Waals surface area contributed by atoms with Gasteiger partial charge >= 0.3 is 0 Å². The maximum Gasteiger partial charge on any atom is 0.276 e. The van der Waals surface area contributed by atoms with Crippen LogP contribution in [0.1, 0.15) is 37.2 Å². The largest absolute Gasteiger partial charge is 0.352 e. The van der Waals surface area contributed by atoms with E-state index in [1.54, 1.807) is 6.20 Å². The van der Waals surface area contributed by atoms with E-state index in [1.807, 2.05) is 45.9 Å². The summed E-state index contributed by atoms with van der Waals surface area (Å²) in [5, 5.41) is 8.58. The number of nitrogens with zero attached hydrogens (tertiary/aromatic N) is 3. The zero-order valence-corrected chi connectivity index (χ0v) is 16.3. The van der Waals surface area contributed by atoms with Gasteiger partial charge in [0.15, 0.2) is 0 Å². The lowest BCUT2D eigenvalue weighted by Crippen LogP contribution is -2.37. The second-order valence-electron chi connectivity index (χ2n) is 7.02. The highest BCUT2D eigenvalue weighted by molar-refractivity contribution is 5.87. The molecule has 2 heterocycles. The number of rotatable bonds is 6. The highest BCUT2D eigenvalue weighted by Gasteiger charge is 2.17. The van der Waals surface area contributed by atoms with Crippen molar-refractivity contribution in [3.63, 3.8) is 0 Å². The van der Waals surface area contributed by atoms with E-state index in [9.17, 15) is 9.59 Å². The summed E-state index contributed by atoms with van der Waals surface area (Å²) in [5.41, 5.74) is 2.85. The predicted molar refractivity (Wildman–Crippen MR) is 107 cm³/mol. The molecule has 6 nitrogen and oxygen atoms in total. The molecule has 0 fully saturated rings. The van der Waals surface area contributed by atoms with Crippen molar-refractivity contribution < 1.29 is 4.79 Å². The molecular formula is C21H26N4O2. The fraction of sp³-hybridized carbons (Fsp3) is 0.381. The molecule has 0 spiro atoms. The van der Waals surface area contributed by atoms with E-state index >= 15 is 0 Å². The van der Waals surface area contributed by atoms with Crippen LogP contribution in [0.5, 0.6) is 0 Å². The lowest BCUT2D eigenvalue weighted by molar-refractivity contribution is -0.122. The van der Waals surface area contributed by atoms with Crippen LogP contribution in [-0.4, -0.2) is 26.3 Å². The van der Waals surface area contributed by atoms with Crippen LogP contribution in [0, 0.1) is 13.8 Å². The molecule has 1 unspecified atom stereocenters. The van der Waals surface area contributed by atoms with E-state index in [0.29, 0.717) is 11.9 Å². The molecule has 0 aliphatic rings. The average molecular weight is 366 g/mol. The molecule has 3 aromatic rings. The first kappa shape index (κ1) is 18.9. The van der Waals surface area contributed by atoms with Crippen LogP contribution in [0.3, 0.4) is 0 Å². The highest BCUT2D eigenvalue weighted by atomic mass is 16.2. The number of hydrogen-bond acceptors (Lipinski definition) is 3. The molecule has 142 valence electrons. The second kappa shape index (κ2) is 7.78. The zero-order chi connectivity index (χ0) is 19.6. The molecule has 27 heavy (non-hydrogen) atoms. The van der Waals surface area contributed by atoms with Gasteiger partial charge in [-0.3, -0.25) is 9.59 Å². The monoisotopic (exact) mass is 366 g/mol. The van der Waals surface area contributed by atoms with Crippen LogP contribution < -0.4 is 10.9 Å². The molecule has 0 aliphatic heterocycles. The van der Waals surface area contributed by atoms with Crippen LogP contribution >= 0.6 is 0 Å². The number of aryl methyl sites for hydroxylation is 2. The van der Waals surface area contributed by atoms with Crippen molar-refractivity contribution in [2.75, 3.05) is 0 Å². The molecule has 1 atom stereocenters. The van der Waals surface area contributed by atoms with Gasteiger partial charge in [-0.2, -0.15) is 5.10 Å². The number of fused-ring (bicyclic) bond motifs is 1. The summed E-state index contributed by atoms with van der Waals surface area (Å²) in [7, 11) is 0. The summed E-state index contributed by atoms with van der Waals surface area (Å²) in [6.45, 7) is 8.52. The summed E-state index contributed by atoms with van der Waals surface area (Å²) >= 11 is 0. The Labute approximate surface area is 158 Å². The van der Waals surface area contributed by atoms with E-state index in [1.165, 1.54) is 10.2 Å². The fourth-order valence-electron chi connectivity index (χ4n) is 3.32. The summed E-state index contributed by atoms with van der Waals surface area (Å²) in [6, 6.07) is 10.2. The van der Waals surface area contributed by atoms with Gasteiger partial charge in [0.25, 0.3) is 5.56 Å². The summed E-state index contributed by atoms with van der Waals surface area (Å²) in [5.74, 6) is -0.198. The summed E-state index contributed by atoms with van der Waals surface area (Å²) in [4.78, 5) is 25.1. The van der Waals surface area contributed by atoms with Crippen molar-refractivity contribution in [3.8, 4) is 0 Å². The molecule has 0 saturated heterocycles. The lowest BCUT2D eigenvalue weighted by Gasteiger charge is -2.11. The molecule has 1 N–H and O–H groups in total. The molecule has 3 rings (SSSR count). The number of aromatic nitrogens is 3. The van der Waals surface area contributed by atoms with Crippen LogP contribution in [0.2, 0.25) is 0 Å². The standard InChI is InChI=1S/C21H26N4O2/c1-5-14(2)23-19(26)13-25-21(27)20-16(4)24(15(3)18(20)11-22-25)12-17-9-7-6-8-10-17/h6-11,14H,5,12-13H2,1-4H3,(H,23,26). The molecule has 0 saturated carbocycles. The number of hydrogen-bond donors (Lipinski definition) is 1. The lowest BCUT2D eigenvalue weighted by atomic mass is 10.2. The Hall–Kier alpha value is -2.89. The van der Waals surface area contributed by atoms with Gasteiger partial charge in [0.2, 0.25) is 5.91 Å². The number of carbonyl (C=O) groups is 1. The molecular weight excluding hydrogens is 340 g/mol. The van der Waals surface area contributed by atoms with E-state index < -0.39 is 0 Å². The van der Waals surface area contributed by atoms with Crippen molar-refractivity contribution in [3.05, 3.63) is 63.8 Å². The van der Waals surface area contributed by atoms with E-state index in [4.69, 9.17) is 0 Å². The Kier molecular flexibility index (Phi) is 5.44. The minimum Gasteiger partial charge on any atom is -0.352 e. The van der Waals surface area contributed by atoms with Crippen molar-refractivity contribution in [1.29, 1.82) is 0 Å². The summed E-state index contributed by atoms with van der Waals surface area (Å²) < 4.78 is 3.38. The maximum atomic E-state index is 13.0.